The minimum atomic E-state index is 1.21. The molecule has 5 rings (SSSR count). The van der Waals surface area contributed by atoms with E-state index in [1.165, 1.54) is 57.1 Å². The van der Waals surface area contributed by atoms with E-state index in [-0.39, 0.29) is 0 Å². The highest BCUT2D eigenvalue weighted by Crippen LogP contribution is 2.37. The van der Waals surface area contributed by atoms with Crippen molar-refractivity contribution in [2.45, 2.75) is 19.3 Å². The van der Waals surface area contributed by atoms with Gasteiger partial charge in [0.15, 0.2) is 0 Å². The van der Waals surface area contributed by atoms with Gasteiger partial charge in [0.05, 0.1) is 0 Å². The second kappa shape index (κ2) is 4.08. The van der Waals surface area contributed by atoms with Crippen LogP contribution < -0.4 is 0 Å². The summed E-state index contributed by atoms with van der Waals surface area (Å²) in [5.74, 6) is 0. The minimum Gasteiger partial charge on any atom is -0.0616 e. The number of aryl methyl sites for hydroxylation is 2. The first-order chi connectivity index (χ1) is 10.4. The van der Waals surface area contributed by atoms with Gasteiger partial charge in [-0.25, -0.2) is 0 Å². The quantitative estimate of drug-likeness (QED) is 0.362. The zero-order valence-corrected chi connectivity index (χ0v) is 11.9. The van der Waals surface area contributed by atoms with E-state index in [4.69, 9.17) is 0 Å². The van der Waals surface area contributed by atoms with Gasteiger partial charge in [-0.15, -0.1) is 0 Å². The molecule has 100 valence electrons. The van der Waals surface area contributed by atoms with Crippen molar-refractivity contribution in [2.24, 2.45) is 0 Å². The SMILES string of the molecule is c1ccc2cc3c4c5c(cccc5cc3cc2c1)CCC4. The van der Waals surface area contributed by atoms with Crippen LogP contribution in [0.4, 0.5) is 0 Å². The second-order valence-corrected chi connectivity index (χ2v) is 6.14. The lowest BCUT2D eigenvalue weighted by molar-refractivity contribution is 0.813. The normalized spacial score (nSPS) is 14.1. The molecule has 4 aromatic carbocycles. The van der Waals surface area contributed by atoms with Crippen LogP contribution in [0.1, 0.15) is 17.5 Å². The first-order valence-electron chi connectivity index (χ1n) is 7.76. The number of fused-ring (bicyclic) bond motifs is 3. The van der Waals surface area contributed by atoms with E-state index in [0.717, 1.165) is 0 Å². The maximum absolute atomic E-state index is 2.39. The van der Waals surface area contributed by atoms with Crippen LogP contribution in [0.3, 0.4) is 0 Å². The van der Waals surface area contributed by atoms with Crippen LogP contribution in [-0.2, 0) is 12.8 Å². The Morgan fingerprint density at radius 2 is 1.38 bits per heavy atom. The topological polar surface area (TPSA) is 0 Å². The monoisotopic (exact) mass is 268 g/mol. The summed E-state index contributed by atoms with van der Waals surface area (Å²) in [5.41, 5.74) is 3.10. The zero-order chi connectivity index (χ0) is 13.8. The Labute approximate surface area is 124 Å². The van der Waals surface area contributed by atoms with Crippen molar-refractivity contribution >= 4 is 32.3 Å². The predicted molar refractivity (Wildman–Crippen MR) is 91.0 cm³/mol. The van der Waals surface area contributed by atoms with Crippen LogP contribution in [0, 0.1) is 0 Å². The molecule has 0 aliphatic heterocycles. The molecule has 0 saturated carbocycles. The molecule has 0 aromatic heterocycles. The second-order valence-electron chi connectivity index (χ2n) is 6.14. The van der Waals surface area contributed by atoms with Crippen LogP contribution in [0.15, 0.2) is 60.7 Å². The molecule has 0 saturated heterocycles. The first kappa shape index (κ1) is 11.3. The maximum Gasteiger partial charge on any atom is -0.0113 e. The first-order valence-corrected chi connectivity index (χ1v) is 7.76. The molecule has 0 heterocycles. The van der Waals surface area contributed by atoms with E-state index >= 15 is 0 Å². The highest BCUT2D eigenvalue weighted by atomic mass is 14.2. The van der Waals surface area contributed by atoms with Crippen LogP contribution in [0.2, 0.25) is 0 Å². The fourth-order valence-corrected chi connectivity index (χ4v) is 3.97. The van der Waals surface area contributed by atoms with Crippen molar-refractivity contribution in [1.29, 1.82) is 0 Å². The molecule has 0 amide bonds. The summed E-state index contributed by atoms with van der Waals surface area (Å²) in [7, 11) is 0. The molecule has 4 aromatic rings. The molecule has 0 radical (unpaired) electrons. The van der Waals surface area contributed by atoms with Crippen LogP contribution in [-0.4, -0.2) is 0 Å². The van der Waals surface area contributed by atoms with Crippen LogP contribution >= 0.6 is 0 Å². The van der Waals surface area contributed by atoms with Crippen molar-refractivity contribution in [3.63, 3.8) is 0 Å². The number of rotatable bonds is 0. The lowest BCUT2D eigenvalue weighted by Gasteiger charge is -2.20. The number of hydrogen-bond acceptors (Lipinski definition) is 0. The molecular formula is C21H16. The molecule has 0 bridgehead atoms. The van der Waals surface area contributed by atoms with E-state index in [1.807, 2.05) is 0 Å². The molecule has 0 spiro atoms. The summed E-state index contributed by atoms with van der Waals surface area (Å²) >= 11 is 0. The van der Waals surface area contributed by atoms with Gasteiger partial charge in [0, 0.05) is 0 Å². The van der Waals surface area contributed by atoms with Crippen LogP contribution in [0.5, 0.6) is 0 Å². The number of benzene rings is 4. The fraction of sp³-hybridized carbons (Fsp3) is 0.143. The summed E-state index contributed by atoms with van der Waals surface area (Å²) in [6.45, 7) is 0. The molecule has 0 heteroatoms. The van der Waals surface area contributed by atoms with Crippen molar-refractivity contribution in [3.8, 4) is 0 Å². The lowest BCUT2D eigenvalue weighted by atomic mass is 9.84. The Hall–Kier alpha value is -2.34. The van der Waals surface area contributed by atoms with Gasteiger partial charge >= 0.3 is 0 Å². The predicted octanol–water partition coefficient (Wildman–Crippen LogP) is 5.63. The third-order valence-electron chi connectivity index (χ3n) is 4.91. The van der Waals surface area contributed by atoms with E-state index in [2.05, 4.69) is 60.7 Å². The van der Waals surface area contributed by atoms with Gasteiger partial charge in [-0.2, -0.15) is 0 Å². The van der Waals surface area contributed by atoms with Crippen molar-refractivity contribution in [2.75, 3.05) is 0 Å². The number of hydrogen-bond donors (Lipinski definition) is 0. The molecule has 1 aliphatic carbocycles. The van der Waals surface area contributed by atoms with Gasteiger partial charge in [-0.3, -0.25) is 0 Å². The Morgan fingerprint density at radius 1 is 0.619 bits per heavy atom. The van der Waals surface area contributed by atoms with Gasteiger partial charge in [-0.05, 0) is 80.9 Å². The molecule has 0 atom stereocenters. The summed E-state index contributed by atoms with van der Waals surface area (Å²) in [4.78, 5) is 0. The average molecular weight is 268 g/mol. The molecule has 0 fully saturated rings. The molecule has 1 aliphatic rings. The van der Waals surface area contributed by atoms with Crippen molar-refractivity contribution in [3.05, 3.63) is 71.8 Å². The molecule has 0 N–H and O–H groups in total. The summed E-state index contributed by atoms with van der Waals surface area (Å²) < 4.78 is 0. The summed E-state index contributed by atoms with van der Waals surface area (Å²) in [6, 6.07) is 22.6. The summed E-state index contributed by atoms with van der Waals surface area (Å²) in [5, 5.41) is 8.45. The maximum atomic E-state index is 2.39. The van der Waals surface area contributed by atoms with E-state index in [0.29, 0.717) is 0 Å². The van der Waals surface area contributed by atoms with E-state index < -0.39 is 0 Å². The highest BCUT2D eigenvalue weighted by molar-refractivity contribution is 6.08. The standard InChI is InChI=1S/C21H16/c1-2-6-16-13-20-18(11-15(16)5-1)12-17-9-3-7-14-8-4-10-19(20)21(14)17/h1-3,5-7,9,11-13H,4,8,10H2. The average Bonchev–Trinajstić information content (AvgIpc) is 2.54. The zero-order valence-electron chi connectivity index (χ0n) is 11.9. The van der Waals surface area contributed by atoms with Gasteiger partial charge in [-0.1, -0.05) is 42.5 Å². The Balaban J connectivity index is 2.04. The minimum absolute atomic E-state index is 1.21. The van der Waals surface area contributed by atoms with Gasteiger partial charge in [0.25, 0.3) is 0 Å². The molecule has 0 unspecified atom stereocenters. The molecule has 21 heavy (non-hydrogen) atoms. The van der Waals surface area contributed by atoms with Gasteiger partial charge in [0.2, 0.25) is 0 Å². The third kappa shape index (κ3) is 1.56. The van der Waals surface area contributed by atoms with Crippen LogP contribution in [0.25, 0.3) is 32.3 Å². The van der Waals surface area contributed by atoms with Gasteiger partial charge < -0.3 is 0 Å². The Bertz CT molecular complexity index is 1010. The fourth-order valence-electron chi connectivity index (χ4n) is 3.97. The smallest absolute Gasteiger partial charge is 0.0113 e. The lowest BCUT2D eigenvalue weighted by Crippen LogP contribution is -2.02. The Morgan fingerprint density at radius 3 is 2.29 bits per heavy atom. The third-order valence-corrected chi connectivity index (χ3v) is 4.91. The highest BCUT2D eigenvalue weighted by Gasteiger charge is 2.15. The van der Waals surface area contributed by atoms with Crippen molar-refractivity contribution in [1.82, 2.24) is 0 Å². The Kier molecular flexibility index (Phi) is 2.20. The molecular weight excluding hydrogens is 252 g/mol. The van der Waals surface area contributed by atoms with E-state index in [1.54, 1.807) is 5.56 Å². The van der Waals surface area contributed by atoms with Gasteiger partial charge in [0.1, 0.15) is 0 Å². The summed E-state index contributed by atoms with van der Waals surface area (Å²) in [6.07, 6.45) is 3.71. The van der Waals surface area contributed by atoms with E-state index in [9.17, 15) is 0 Å². The van der Waals surface area contributed by atoms with Crippen molar-refractivity contribution < 1.29 is 0 Å². The molecule has 0 nitrogen and oxygen atoms in total. The largest absolute Gasteiger partial charge is 0.0616 e.